The van der Waals surface area contributed by atoms with Crippen molar-refractivity contribution in [3.63, 3.8) is 0 Å². The van der Waals surface area contributed by atoms with Crippen molar-refractivity contribution in [2.75, 3.05) is 0 Å². The van der Waals surface area contributed by atoms with Gasteiger partial charge in [-0.1, -0.05) is 60.1 Å². The van der Waals surface area contributed by atoms with Crippen molar-refractivity contribution in [2.45, 2.75) is 31.1 Å². The van der Waals surface area contributed by atoms with Crippen LogP contribution in [-0.2, 0) is 5.41 Å². The lowest BCUT2D eigenvalue weighted by Gasteiger charge is -2.76. The molecule has 0 aromatic heterocycles. The van der Waals surface area contributed by atoms with Crippen molar-refractivity contribution < 1.29 is 0 Å². The molecule has 29 heavy (non-hydrogen) atoms. The minimum absolute atomic E-state index is 0.274. The van der Waals surface area contributed by atoms with Crippen molar-refractivity contribution >= 4 is 11.6 Å². The first kappa shape index (κ1) is 15.7. The Morgan fingerprint density at radius 2 is 1.48 bits per heavy atom. The van der Waals surface area contributed by atoms with Gasteiger partial charge in [-0.2, -0.15) is 0 Å². The molecule has 1 heteroatoms. The summed E-state index contributed by atoms with van der Waals surface area (Å²) >= 11 is 6.52. The summed E-state index contributed by atoms with van der Waals surface area (Å²) in [6.45, 7) is 0. The SMILES string of the molecule is Clc1ccc2c(c1)-c1cc(-c3ccccc3)ccc1C21C2CC3CC4CC1C42C3. The average molecular weight is 395 g/mol. The maximum Gasteiger partial charge on any atom is 0.0412 e. The van der Waals surface area contributed by atoms with E-state index in [1.165, 1.54) is 47.9 Å². The molecule has 142 valence electrons. The third kappa shape index (κ3) is 1.52. The van der Waals surface area contributed by atoms with Crippen LogP contribution in [-0.4, -0.2) is 0 Å². The molecule has 3 aromatic rings. The van der Waals surface area contributed by atoms with E-state index >= 15 is 0 Å². The number of hydrogen-bond donors (Lipinski definition) is 0. The molecule has 0 amide bonds. The van der Waals surface area contributed by atoms with E-state index in [0.29, 0.717) is 5.41 Å². The molecule has 4 fully saturated rings. The van der Waals surface area contributed by atoms with Gasteiger partial charge in [0.15, 0.2) is 0 Å². The first-order chi connectivity index (χ1) is 14.2. The van der Waals surface area contributed by atoms with E-state index in [0.717, 1.165) is 28.7 Å². The minimum Gasteiger partial charge on any atom is -0.0843 e. The second kappa shape index (κ2) is 4.81. The van der Waals surface area contributed by atoms with E-state index in [1.807, 2.05) is 0 Å². The van der Waals surface area contributed by atoms with Gasteiger partial charge in [-0.25, -0.2) is 0 Å². The number of hydrogen-bond acceptors (Lipinski definition) is 0. The molecule has 0 saturated heterocycles. The van der Waals surface area contributed by atoms with E-state index in [1.54, 1.807) is 11.1 Å². The maximum atomic E-state index is 6.52. The van der Waals surface area contributed by atoms with Crippen molar-refractivity contribution in [1.29, 1.82) is 0 Å². The molecule has 0 radical (unpaired) electrons. The largest absolute Gasteiger partial charge is 0.0843 e. The lowest BCUT2D eigenvalue weighted by molar-refractivity contribution is -0.231. The van der Waals surface area contributed by atoms with Crippen LogP contribution in [0.2, 0.25) is 5.02 Å². The molecule has 2 spiro atoms. The summed E-state index contributed by atoms with van der Waals surface area (Å²) in [6, 6.07) is 24.9. The summed E-state index contributed by atoms with van der Waals surface area (Å²) in [6.07, 6.45) is 5.95. The Hall–Kier alpha value is -2.05. The monoisotopic (exact) mass is 394 g/mol. The maximum absolute atomic E-state index is 6.52. The molecule has 2 bridgehead atoms. The summed E-state index contributed by atoms with van der Waals surface area (Å²) < 4.78 is 0. The first-order valence-corrected chi connectivity index (χ1v) is 11.6. The van der Waals surface area contributed by atoms with Crippen LogP contribution in [0.1, 0.15) is 36.8 Å². The molecule has 4 saturated carbocycles. The van der Waals surface area contributed by atoms with Crippen molar-refractivity contribution in [1.82, 2.24) is 0 Å². The van der Waals surface area contributed by atoms with Crippen LogP contribution < -0.4 is 0 Å². The molecule has 5 aliphatic rings. The Morgan fingerprint density at radius 1 is 0.724 bits per heavy atom. The van der Waals surface area contributed by atoms with E-state index in [2.05, 4.69) is 66.7 Å². The highest BCUT2D eigenvalue weighted by atomic mass is 35.5. The molecule has 6 unspecified atom stereocenters. The molecule has 0 N–H and O–H groups in total. The number of benzene rings is 3. The van der Waals surface area contributed by atoms with Gasteiger partial charge in [0.05, 0.1) is 0 Å². The number of halogens is 1. The van der Waals surface area contributed by atoms with Gasteiger partial charge in [-0.15, -0.1) is 0 Å². The van der Waals surface area contributed by atoms with Gasteiger partial charge in [0.25, 0.3) is 0 Å². The van der Waals surface area contributed by atoms with Crippen LogP contribution >= 0.6 is 11.6 Å². The van der Waals surface area contributed by atoms with Crippen LogP contribution in [0.5, 0.6) is 0 Å². The molecule has 3 aromatic carbocycles. The van der Waals surface area contributed by atoms with Gasteiger partial charge in [-0.3, -0.25) is 0 Å². The van der Waals surface area contributed by atoms with E-state index < -0.39 is 0 Å². The topological polar surface area (TPSA) is 0 Å². The van der Waals surface area contributed by atoms with E-state index in [-0.39, 0.29) is 5.41 Å². The van der Waals surface area contributed by atoms with Gasteiger partial charge >= 0.3 is 0 Å². The Kier molecular flexibility index (Phi) is 2.61. The zero-order chi connectivity index (χ0) is 19.0. The lowest BCUT2D eigenvalue weighted by atomic mass is 9.27. The van der Waals surface area contributed by atoms with Crippen molar-refractivity contribution in [3.05, 3.63) is 82.9 Å². The molecule has 8 rings (SSSR count). The average Bonchev–Trinajstić information content (AvgIpc) is 3.36. The fourth-order valence-electron chi connectivity index (χ4n) is 9.16. The normalized spacial score (nSPS) is 38.9. The highest BCUT2D eigenvalue weighted by Crippen LogP contribution is 2.89. The minimum atomic E-state index is 0.274. The summed E-state index contributed by atoms with van der Waals surface area (Å²) in [7, 11) is 0. The highest BCUT2D eigenvalue weighted by molar-refractivity contribution is 6.31. The molecule has 0 heterocycles. The van der Waals surface area contributed by atoms with Gasteiger partial charge in [0.2, 0.25) is 0 Å². The predicted octanol–water partition coefficient (Wildman–Crippen LogP) is 7.34. The first-order valence-electron chi connectivity index (χ1n) is 11.2. The van der Waals surface area contributed by atoms with E-state index in [9.17, 15) is 0 Å². The number of rotatable bonds is 1. The van der Waals surface area contributed by atoms with Crippen molar-refractivity contribution in [3.8, 4) is 22.3 Å². The van der Waals surface area contributed by atoms with Gasteiger partial charge < -0.3 is 0 Å². The van der Waals surface area contributed by atoms with Crippen LogP contribution in [0.3, 0.4) is 0 Å². The van der Waals surface area contributed by atoms with Crippen LogP contribution in [0, 0.1) is 29.1 Å². The fraction of sp³-hybridized carbons (Fsp3) is 0.357. The highest BCUT2D eigenvalue weighted by Gasteiger charge is 2.84. The van der Waals surface area contributed by atoms with Crippen LogP contribution in [0.4, 0.5) is 0 Å². The summed E-state index contributed by atoms with van der Waals surface area (Å²) in [4.78, 5) is 0. The molecule has 5 aliphatic carbocycles. The smallest absolute Gasteiger partial charge is 0.0412 e. The van der Waals surface area contributed by atoms with Crippen LogP contribution in [0.25, 0.3) is 22.3 Å². The quantitative estimate of drug-likeness (QED) is 0.405. The third-order valence-electron chi connectivity index (χ3n) is 9.80. The van der Waals surface area contributed by atoms with Gasteiger partial charge in [0, 0.05) is 10.4 Å². The second-order valence-electron chi connectivity index (χ2n) is 10.4. The Labute approximate surface area is 176 Å². The fourth-order valence-corrected chi connectivity index (χ4v) is 9.33. The zero-order valence-electron chi connectivity index (χ0n) is 16.4. The van der Waals surface area contributed by atoms with Gasteiger partial charge in [0.1, 0.15) is 0 Å². The molecule has 0 aliphatic heterocycles. The molecule has 6 atom stereocenters. The third-order valence-corrected chi connectivity index (χ3v) is 10.0. The summed E-state index contributed by atoms with van der Waals surface area (Å²) in [5, 5.41) is 0.866. The molecular formula is C28H23Cl. The second-order valence-corrected chi connectivity index (χ2v) is 10.8. The van der Waals surface area contributed by atoms with Crippen molar-refractivity contribution in [2.24, 2.45) is 29.1 Å². The lowest BCUT2D eigenvalue weighted by Crippen LogP contribution is -2.73. The zero-order valence-corrected chi connectivity index (χ0v) is 17.1. The van der Waals surface area contributed by atoms with Crippen LogP contribution in [0.15, 0.2) is 66.7 Å². The number of fused-ring (bicyclic) bond motifs is 8. The van der Waals surface area contributed by atoms with Gasteiger partial charge in [-0.05, 0) is 106 Å². The Morgan fingerprint density at radius 3 is 2.31 bits per heavy atom. The Balaban J connectivity index is 1.39. The Bertz CT molecular complexity index is 1210. The standard InChI is InChI=1S/C28H23Cl/c29-20-7-9-24-22(14-20)21-12-18(17-4-2-1-3-5-17)6-8-23(21)28(24)25-11-16-10-19-13-26(28)27(19,25)15-16/h1-9,12,14,16,19,25-26H,10-11,13,15H2. The summed E-state index contributed by atoms with van der Waals surface area (Å²) in [5.41, 5.74) is 9.65. The predicted molar refractivity (Wildman–Crippen MR) is 118 cm³/mol. The molecular weight excluding hydrogens is 372 g/mol. The molecule has 0 nitrogen and oxygen atoms in total. The van der Waals surface area contributed by atoms with E-state index in [4.69, 9.17) is 11.6 Å². The summed E-state index contributed by atoms with van der Waals surface area (Å²) in [5.74, 6) is 3.76.